The number of ether oxygens (including phenoxy) is 1. The molecule has 0 atom stereocenters. The molecule has 0 radical (unpaired) electrons. The van der Waals surface area contributed by atoms with E-state index in [2.05, 4.69) is 0 Å². The minimum absolute atomic E-state index is 0.478. The van der Waals surface area contributed by atoms with Crippen LogP contribution in [0.15, 0.2) is 24.4 Å². The van der Waals surface area contributed by atoms with Crippen LogP contribution in [0.25, 0.3) is 6.08 Å². The van der Waals surface area contributed by atoms with Gasteiger partial charge in [0.25, 0.3) is 0 Å². The highest BCUT2D eigenvalue weighted by Gasteiger charge is 2.00. The summed E-state index contributed by atoms with van der Waals surface area (Å²) >= 11 is 5.78. The number of nitro groups is 1. The second-order valence-electron chi connectivity index (χ2n) is 2.50. The van der Waals surface area contributed by atoms with Gasteiger partial charge in [-0.15, -0.1) is 0 Å². The third-order valence-electron chi connectivity index (χ3n) is 1.56. The molecule has 14 heavy (non-hydrogen) atoms. The number of nitrogens with zero attached hydrogens (tertiary/aromatic N) is 1. The molecule has 4 nitrogen and oxygen atoms in total. The molecule has 0 heterocycles. The van der Waals surface area contributed by atoms with E-state index in [4.69, 9.17) is 16.3 Å². The lowest BCUT2D eigenvalue weighted by Gasteiger charge is -2.02. The molecule has 1 aromatic carbocycles. The van der Waals surface area contributed by atoms with Crippen LogP contribution in [0.4, 0.5) is 0 Å². The zero-order valence-corrected chi connectivity index (χ0v) is 8.19. The second kappa shape index (κ2) is 4.62. The van der Waals surface area contributed by atoms with Crippen molar-refractivity contribution in [2.24, 2.45) is 0 Å². The SMILES string of the molecule is COc1cc(C=C[N+](=O)[O-])ccc1Cl. The molecule has 0 aliphatic carbocycles. The van der Waals surface area contributed by atoms with Crippen molar-refractivity contribution in [3.63, 3.8) is 0 Å². The van der Waals surface area contributed by atoms with Crippen LogP contribution in [0.1, 0.15) is 5.56 Å². The molecule has 0 aliphatic rings. The summed E-state index contributed by atoms with van der Waals surface area (Å²) in [7, 11) is 1.49. The van der Waals surface area contributed by atoms with Crippen molar-refractivity contribution in [1.82, 2.24) is 0 Å². The summed E-state index contributed by atoms with van der Waals surface area (Å²) in [4.78, 5) is 9.53. The maximum atomic E-state index is 10.1. The van der Waals surface area contributed by atoms with Gasteiger partial charge in [0.2, 0.25) is 6.20 Å². The molecule has 0 aliphatic heterocycles. The molecule has 1 rings (SSSR count). The minimum Gasteiger partial charge on any atom is -0.495 e. The fourth-order valence-electron chi connectivity index (χ4n) is 0.927. The van der Waals surface area contributed by atoms with Gasteiger partial charge in [0.15, 0.2) is 0 Å². The van der Waals surface area contributed by atoms with E-state index in [1.54, 1.807) is 18.2 Å². The Balaban J connectivity index is 2.95. The molecule has 0 fully saturated rings. The smallest absolute Gasteiger partial charge is 0.235 e. The van der Waals surface area contributed by atoms with Crippen molar-refractivity contribution in [2.75, 3.05) is 7.11 Å². The zero-order chi connectivity index (χ0) is 10.6. The third kappa shape index (κ3) is 2.74. The van der Waals surface area contributed by atoms with Gasteiger partial charge in [-0.1, -0.05) is 17.7 Å². The van der Waals surface area contributed by atoms with Crippen LogP contribution in [-0.4, -0.2) is 12.0 Å². The van der Waals surface area contributed by atoms with Crippen LogP contribution in [0.5, 0.6) is 5.75 Å². The van der Waals surface area contributed by atoms with Gasteiger partial charge >= 0.3 is 0 Å². The molecule has 0 unspecified atom stereocenters. The molecule has 0 saturated heterocycles. The predicted octanol–water partition coefficient (Wildman–Crippen LogP) is 2.60. The van der Waals surface area contributed by atoms with Gasteiger partial charge in [-0.25, -0.2) is 0 Å². The first-order valence-corrected chi connectivity index (χ1v) is 4.16. The molecule has 5 heteroatoms. The van der Waals surface area contributed by atoms with E-state index in [0.29, 0.717) is 16.3 Å². The Labute approximate surface area is 85.9 Å². The maximum absolute atomic E-state index is 10.1. The molecule has 0 spiro atoms. The largest absolute Gasteiger partial charge is 0.495 e. The quantitative estimate of drug-likeness (QED) is 0.573. The predicted molar refractivity (Wildman–Crippen MR) is 54.0 cm³/mol. The normalized spacial score (nSPS) is 10.4. The first-order valence-electron chi connectivity index (χ1n) is 3.78. The molecule has 0 amide bonds. The average Bonchev–Trinajstić information content (AvgIpc) is 2.16. The van der Waals surface area contributed by atoms with E-state index in [-0.39, 0.29) is 0 Å². The van der Waals surface area contributed by atoms with Gasteiger partial charge in [0.05, 0.1) is 17.1 Å². The lowest BCUT2D eigenvalue weighted by Crippen LogP contribution is -1.86. The maximum Gasteiger partial charge on any atom is 0.235 e. The molecular formula is C9H8ClNO3. The number of hydrogen-bond acceptors (Lipinski definition) is 3. The second-order valence-corrected chi connectivity index (χ2v) is 2.90. The first kappa shape index (κ1) is 10.5. The number of rotatable bonds is 3. The monoisotopic (exact) mass is 213 g/mol. The molecule has 0 saturated carbocycles. The topological polar surface area (TPSA) is 52.4 Å². The van der Waals surface area contributed by atoms with Gasteiger partial charge in [-0.3, -0.25) is 10.1 Å². The summed E-state index contributed by atoms with van der Waals surface area (Å²) in [6.45, 7) is 0. The summed E-state index contributed by atoms with van der Waals surface area (Å²) in [5.74, 6) is 0.497. The van der Waals surface area contributed by atoms with Crippen molar-refractivity contribution >= 4 is 17.7 Å². The van der Waals surface area contributed by atoms with Gasteiger partial charge in [-0.2, -0.15) is 0 Å². The Bertz CT molecular complexity index is 376. The highest BCUT2D eigenvalue weighted by molar-refractivity contribution is 6.32. The van der Waals surface area contributed by atoms with Crippen LogP contribution >= 0.6 is 11.6 Å². The molecule has 1 aromatic rings. The van der Waals surface area contributed by atoms with E-state index in [1.807, 2.05) is 0 Å². The zero-order valence-electron chi connectivity index (χ0n) is 7.44. The summed E-state index contributed by atoms with van der Waals surface area (Å²) in [5.41, 5.74) is 0.669. The standard InChI is InChI=1S/C9H8ClNO3/c1-14-9-6-7(2-3-8(9)10)4-5-11(12)13/h2-6H,1H3. The number of methoxy groups -OCH3 is 1. The summed E-state index contributed by atoms with van der Waals surface area (Å²) in [5, 5.41) is 10.5. The first-order chi connectivity index (χ1) is 6.63. The summed E-state index contributed by atoms with van der Waals surface area (Å²) in [6, 6.07) is 4.92. The van der Waals surface area contributed by atoms with Crippen LogP contribution in [0, 0.1) is 10.1 Å². The van der Waals surface area contributed by atoms with E-state index in [0.717, 1.165) is 6.20 Å². The van der Waals surface area contributed by atoms with E-state index < -0.39 is 4.92 Å². The van der Waals surface area contributed by atoms with E-state index in [1.165, 1.54) is 13.2 Å². The average molecular weight is 214 g/mol. The van der Waals surface area contributed by atoms with Crippen molar-refractivity contribution in [3.05, 3.63) is 45.1 Å². The third-order valence-corrected chi connectivity index (χ3v) is 1.88. The number of benzene rings is 1. The van der Waals surface area contributed by atoms with Crippen molar-refractivity contribution in [3.8, 4) is 5.75 Å². The summed E-state index contributed by atoms with van der Waals surface area (Å²) in [6.07, 6.45) is 2.24. The van der Waals surface area contributed by atoms with Crippen LogP contribution < -0.4 is 4.74 Å². The Morgan fingerprint density at radius 3 is 2.86 bits per heavy atom. The molecule has 0 N–H and O–H groups in total. The van der Waals surface area contributed by atoms with Crippen molar-refractivity contribution in [1.29, 1.82) is 0 Å². The van der Waals surface area contributed by atoms with E-state index in [9.17, 15) is 10.1 Å². The fraction of sp³-hybridized carbons (Fsp3) is 0.111. The molecule has 0 bridgehead atoms. The Hall–Kier alpha value is -1.55. The summed E-state index contributed by atoms with van der Waals surface area (Å²) < 4.78 is 4.96. The number of hydrogen-bond donors (Lipinski definition) is 0. The highest BCUT2D eigenvalue weighted by atomic mass is 35.5. The Morgan fingerprint density at radius 2 is 2.29 bits per heavy atom. The van der Waals surface area contributed by atoms with E-state index >= 15 is 0 Å². The van der Waals surface area contributed by atoms with Crippen LogP contribution in [-0.2, 0) is 0 Å². The molecule has 74 valence electrons. The van der Waals surface area contributed by atoms with Gasteiger partial charge in [0.1, 0.15) is 5.75 Å². The minimum atomic E-state index is -0.527. The molecule has 0 aromatic heterocycles. The lowest BCUT2D eigenvalue weighted by atomic mass is 10.2. The van der Waals surface area contributed by atoms with Gasteiger partial charge in [0, 0.05) is 6.08 Å². The number of halogens is 1. The molecular weight excluding hydrogens is 206 g/mol. The van der Waals surface area contributed by atoms with Crippen molar-refractivity contribution in [2.45, 2.75) is 0 Å². The Morgan fingerprint density at radius 1 is 1.57 bits per heavy atom. The van der Waals surface area contributed by atoms with Crippen LogP contribution in [0.3, 0.4) is 0 Å². The fourth-order valence-corrected chi connectivity index (χ4v) is 1.12. The van der Waals surface area contributed by atoms with Crippen molar-refractivity contribution < 1.29 is 9.66 Å². The van der Waals surface area contributed by atoms with Gasteiger partial charge < -0.3 is 4.74 Å². The highest BCUT2D eigenvalue weighted by Crippen LogP contribution is 2.25. The van der Waals surface area contributed by atoms with Crippen LogP contribution in [0.2, 0.25) is 5.02 Å². The lowest BCUT2D eigenvalue weighted by molar-refractivity contribution is -0.400. The Kier molecular flexibility index (Phi) is 3.48. The van der Waals surface area contributed by atoms with Gasteiger partial charge in [-0.05, 0) is 17.7 Å².